The van der Waals surface area contributed by atoms with E-state index >= 15 is 0 Å². The monoisotopic (exact) mass is 316 g/mol. The SMILES string of the molecule is O=C(Nc1nccs1)c1ccc(-c2ncccc2Cl)cn1. The van der Waals surface area contributed by atoms with Crippen LogP contribution in [0.1, 0.15) is 10.5 Å². The van der Waals surface area contributed by atoms with Crippen LogP contribution in [0.3, 0.4) is 0 Å². The van der Waals surface area contributed by atoms with Crippen LogP contribution >= 0.6 is 22.9 Å². The number of anilines is 1. The van der Waals surface area contributed by atoms with Crippen LogP contribution in [0.4, 0.5) is 5.13 Å². The number of carbonyl (C=O) groups excluding carboxylic acids is 1. The number of hydrogen-bond acceptors (Lipinski definition) is 5. The smallest absolute Gasteiger partial charge is 0.276 e. The fourth-order valence-electron chi connectivity index (χ4n) is 1.71. The largest absolute Gasteiger partial charge is 0.296 e. The van der Waals surface area contributed by atoms with Crippen LogP contribution in [0.15, 0.2) is 48.2 Å². The Morgan fingerprint density at radius 1 is 1.14 bits per heavy atom. The summed E-state index contributed by atoms with van der Waals surface area (Å²) in [6, 6.07) is 6.91. The molecule has 21 heavy (non-hydrogen) atoms. The summed E-state index contributed by atoms with van der Waals surface area (Å²) in [6.45, 7) is 0. The molecule has 0 aromatic carbocycles. The van der Waals surface area contributed by atoms with Crippen LogP contribution in [-0.2, 0) is 0 Å². The summed E-state index contributed by atoms with van der Waals surface area (Å²) in [5.74, 6) is -0.302. The van der Waals surface area contributed by atoms with Gasteiger partial charge in [-0.3, -0.25) is 20.1 Å². The molecule has 0 spiro atoms. The Kier molecular flexibility index (Phi) is 3.89. The molecule has 3 aromatic heterocycles. The lowest BCUT2D eigenvalue weighted by molar-refractivity contribution is 0.102. The van der Waals surface area contributed by atoms with Crippen molar-refractivity contribution in [2.75, 3.05) is 5.32 Å². The van der Waals surface area contributed by atoms with Crippen LogP contribution in [0.5, 0.6) is 0 Å². The normalized spacial score (nSPS) is 10.3. The lowest BCUT2D eigenvalue weighted by atomic mass is 10.2. The molecule has 7 heteroatoms. The van der Waals surface area contributed by atoms with E-state index in [0.717, 1.165) is 5.56 Å². The fourth-order valence-corrected chi connectivity index (χ4v) is 2.47. The third-order valence-electron chi connectivity index (χ3n) is 2.68. The van der Waals surface area contributed by atoms with E-state index in [9.17, 15) is 4.79 Å². The Hall–Kier alpha value is -2.31. The number of pyridine rings is 2. The van der Waals surface area contributed by atoms with Crippen LogP contribution in [-0.4, -0.2) is 20.9 Å². The Morgan fingerprint density at radius 3 is 2.71 bits per heavy atom. The third kappa shape index (κ3) is 3.07. The Balaban J connectivity index is 1.81. The molecule has 0 saturated heterocycles. The number of rotatable bonds is 3. The van der Waals surface area contributed by atoms with Gasteiger partial charge in [-0.25, -0.2) is 4.98 Å². The van der Waals surface area contributed by atoms with Crippen molar-refractivity contribution in [1.29, 1.82) is 0 Å². The summed E-state index contributed by atoms with van der Waals surface area (Å²) in [5, 5.41) is 5.54. The minimum Gasteiger partial charge on any atom is -0.296 e. The van der Waals surface area contributed by atoms with E-state index in [1.807, 2.05) is 0 Å². The number of carbonyl (C=O) groups is 1. The van der Waals surface area contributed by atoms with Gasteiger partial charge in [-0.15, -0.1) is 11.3 Å². The van der Waals surface area contributed by atoms with Crippen molar-refractivity contribution in [3.8, 4) is 11.3 Å². The summed E-state index contributed by atoms with van der Waals surface area (Å²) in [5.41, 5.74) is 1.70. The maximum Gasteiger partial charge on any atom is 0.276 e. The molecule has 1 N–H and O–H groups in total. The van der Waals surface area contributed by atoms with Crippen molar-refractivity contribution in [1.82, 2.24) is 15.0 Å². The predicted octanol–water partition coefficient (Wildman–Crippen LogP) is 3.51. The maximum atomic E-state index is 12.0. The van der Waals surface area contributed by atoms with Gasteiger partial charge in [0.15, 0.2) is 5.13 Å². The standard InChI is InChI=1S/C14H9ClN4OS/c15-10-2-1-5-16-12(10)9-3-4-11(18-8-9)13(20)19-14-17-6-7-21-14/h1-8H,(H,17,19,20). The summed E-state index contributed by atoms with van der Waals surface area (Å²) in [4.78, 5) is 24.3. The van der Waals surface area contributed by atoms with Gasteiger partial charge in [0, 0.05) is 29.5 Å². The molecular weight excluding hydrogens is 308 g/mol. The molecule has 104 valence electrons. The minimum absolute atomic E-state index is 0.302. The molecule has 0 fully saturated rings. The molecule has 0 saturated carbocycles. The van der Waals surface area contributed by atoms with Gasteiger partial charge < -0.3 is 0 Å². The summed E-state index contributed by atoms with van der Waals surface area (Å²) in [6.07, 6.45) is 4.86. The lowest BCUT2D eigenvalue weighted by Crippen LogP contribution is -2.13. The van der Waals surface area contributed by atoms with Crippen molar-refractivity contribution < 1.29 is 4.79 Å². The number of nitrogens with one attached hydrogen (secondary N) is 1. The number of amides is 1. The van der Waals surface area contributed by atoms with E-state index in [4.69, 9.17) is 11.6 Å². The first-order valence-electron chi connectivity index (χ1n) is 6.02. The van der Waals surface area contributed by atoms with Crippen molar-refractivity contribution in [3.05, 3.63) is 59.0 Å². The van der Waals surface area contributed by atoms with E-state index in [1.165, 1.54) is 11.3 Å². The predicted molar refractivity (Wildman–Crippen MR) is 82.5 cm³/mol. The summed E-state index contributed by atoms with van der Waals surface area (Å²) in [7, 11) is 0. The molecule has 0 atom stereocenters. The highest BCUT2D eigenvalue weighted by molar-refractivity contribution is 7.13. The van der Waals surface area contributed by atoms with Gasteiger partial charge in [-0.1, -0.05) is 11.6 Å². The van der Waals surface area contributed by atoms with Gasteiger partial charge in [-0.05, 0) is 24.3 Å². The van der Waals surface area contributed by atoms with E-state index in [-0.39, 0.29) is 5.91 Å². The first-order chi connectivity index (χ1) is 10.2. The van der Waals surface area contributed by atoms with Gasteiger partial charge in [0.25, 0.3) is 5.91 Å². The average Bonchev–Trinajstić information content (AvgIpc) is 3.01. The van der Waals surface area contributed by atoms with Gasteiger partial charge in [0.1, 0.15) is 5.69 Å². The molecule has 0 bridgehead atoms. The highest BCUT2D eigenvalue weighted by atomic mass is 35.5. The highest BCUT2D eigenvalue weighted by Gasteiger charge is 2.10. The molecule has 0 aliphatic heterocycles. The van der Waals surface area contributed by atoms with E-state index in [0.29, 0.717) is 21.5 Å². The maximum absolute atomic E-state index is 12.0. The molecule has 5 nitrogen and oxygen atoms in total. The summed E-state index contributed by atoms with van der Waals surface area (Å²) >= 11 is 7.43. The number of nitrogens with zero attached hydrogens (tertiary/aromatic N) is 3. The topological polar surface area (TPSA) is 67.8 Å². The Morgan fingerprint density at radius 2 is 2.05 bits per heavy atom. The molecule has 0 aliphatic rings. The van der Waals surface area contributed by atoms with Gasteiger partial charge >= 0.3 is 0 Å². The first kappa shape index (κ1) is 13.7. The minimum atomic E-state index is -0.302. The average molecular weight is 317 g/mol. The van der Waals surface area contributed by atoms with Crippen LogP contribution < -0.4 is 5.32 Å². The molecule has 0 radical (unpaired) electrons. The summed E-state index contributed by atoms with van der Waals surface area (Å²) < 4.78 is 0. The number of thiazole rings is 1. The second-order valence-electron chi connectivity index (χ2n) is 4.06. The van der Waals surface area contributed by atoms with Crippen LogP contribution in [0.25, 0.3) is 11.3 Å². The molecule has 0 aliphatic carbocycles. The van der Waals surface area contributed by atoms with Crippen molar-refractivity contribution in [3.63, 3.8) is 0 Å². The number of hydrogen-bond donors (Lipinski definition) is 1. The fraction of sp³-hybridized carbons (Fsp3) is 0. The van der Waals surface area contributed by atoms with Crippen LogP contribution in [0.2, 0.25) is 5.02 Å². The number of aromatic nitrogens is 3. The molecular formula is C14H9ClN4OS. The highest BCUT2D eigenvalue weighted by Crippen LogP contribution is 2.24. The van der Waals surface area contributed by atoms with Gasteiger partial charge in [-0.2, -0.15) is 0 Å². The van der Waals surface area contributed by atoms with E-state index in [2.05, 4.69) is 20.3 Å². The molecule has 3 heterocycles. The Labute approximate surface area is 129 Å². The number of halogens is 1. The van der Waals surface area contributed by atoms with Gasteiger partial charge in [0.05, 0.1) is 10.7 Å². The second-order valence-corrected chi connectivity index (χ2v) is 5.36. The van der Waals surface area contributed by atoms with Gasteiger partial charge in [0.2, 0.25) is 0 Å². The zero-order chi connectivity index (χ0) is 14.7. The van der Waals surface area contributed by atoms with E-state index < -0.39 is 0 Å². The van der Waals surface area contributed by atoms with E-state index in [1.54, 1.807) is 48.2 Å². The van der Waals surface area contributed by atoms with Crippen LogP contribution in [0, 0.1) is 0 Å². The van der Waals surface area contributed by atoms with Crippen molar-refractivity contribution >= 4 is 34.0 Å². The quantitative estimate of drug-likeness (QED) is 0.803. The molecule has 3 rings (SSSR count). The zero-order valence-electron chi connectivity index (χ0n) is 10.7. The first-order valence-corrected chi connectivity index (χ1v) is 7.27. The Bertz CT molecular complexity index is 759. The lowest BCUT2D eigenvalue weighted by Gasteiger charge is -2.04. The van der Waals surface area contributed by atoms with Crippen molar-refractivity contribution in [2.24, 2.45) is 0 Å². The van der Waals surface area contributed by atoms with Crippen molar-refractivity contribution in [2.45, 2.75) is 0 Å². The zero-order valence-corrected chi connectivity index (χ0v) is 12.2. The third-order valence-corrected chi connectivity index (χ3v) is 3.67. The molecule has 1 amide bonds. The second kappa shape index (κ2) is 5.99. The molecule has 0 unspecified atom stereocenters. The molecule has 3 aromatic rings.